The van der Waals surface area contributed by atoms with Crippen molar-refractivity contribution in [2.75, 3.05) is 20.1 Å². The third kappa shape index (κ3) is 5.85. The van der Waals surface area contributed by atoms with E-state index in [4.69, 9.17) is 9.98 Å². The van der Waals surface area contributed by atoms with E-state index in [1.807, 2.05) is 24.1 Å². The summed E-state index contributed by atoms with van der Waals surface area (Å²) in [5, 5.41) is 10.9. The highest BCUT2D eigenvalue weighted by Crippen LogP contribution is 2.24. The van der Waals surface area contributed by atoms with E-state index in [0.717, 1.165) is 42.7 Å². The van der Waals surface area contributed by atoms with Crippen molar-refractivity contribution in [3.63, 3.8) is 0 Å². The number of nitrogens with one attached hydrogen (secondary N) is 1. The zero-order chi connectivity index (χ0) is 18.4. The van der Waals surface area contributed by atoms with Crippen LogP contribution in [-0.4, -0.2) is 45.8 Å². The van der Waals surface area contributed by atoms with Gasteiger partial charge in [0.1, 0.15) is 0 Å². The molecule has 0 aliphatic carbocycles. The van der Waals surface area contributed by atoms with Crippen molar-refractivity contribution in [2.45, 2.75) is 46.1 Å². The first-order chi connectivity index (χ1) is 11.8. The summed E-state index contributed by atoms with van der Waals surface area (Å²) >= 11 is 1.73. The first kappa shape index (κ1) is 19.4. The molecule has 1 N–H and O–H groups in total. The Bertz CT molecular complexity index is 694. The molecular weight excluding hydrogens is 332 g/mol. The molecule has 0 saturated carbocycles. The number of aliphatic imine (C=N–C) groups is 1. The van der Waals surface area contributed by atoms with Gasteiger partial charge < -0.3 is 10.2 Å². The van der Waals surface area contributed by atoms with E-state index >= 15 is 0 Å². The SMILES string of the molecule is CCNC(=NCCc1nc(C(C)(C)C)cs1)N(C)Cc1cnn(C)c1. The lowest BCUT2D eigenvalue weighted by Crippen LogP contribution is -2.38. The van der Waals surface area contributed by atoms with Gasteiger partial charge in [-0.3, -0.25) is 9.67 Å². The van der Waals surface area contributed by atoms with Crippen molar-refractivity contribution >= 4 is 17.3 Å². The Morgan fingerprint density at radius 1 is 1.40 bits per heavy atom. The summed E-state index contributed by atoms with van der Waals surface area (Å²) in [6, 6.07) is 0. The fraction of sp³-hybridized carbons (Fsp3) is 0.611. The van der Waals surface area contributed by atoms with Gasteiger partial charge >= 0.3 is 0 Å². The molecule has 0 atom stereocenters. The lowest BCUT2D eigenvalue weighted by Gasteiger charge is -2.21. The topological polar surface area (TPSA) is 58.3 Å². The zero-order valence-electron chi connectivity index (χ0n) is 16.2. The standard InChI is InChI=1S/C18H30N6S/c1-7-19-17(23(5)11-14-10-21-24(6)12-14)20-9-8-16-22-15(13-25-16)18(2,3)4/h10,12-13H,7-9,11H2,1-6H3,(H,19,20). The van der Waals surface area contributed by atoms with Crippen LogP contribution in [-0.2, 0) is 25.4 Å². The molecule has 0 aliphatic heterocycles. The summed E-state index contributed by atoms with van der Waals surface area (Å²) in [7, 11) is 3.98. The molecule has 25 heavy (non-hydrogen) atoms. The van der Waals surface area contributed by atoms with Crippen LogP contribution in [0.15, 0.2) is 22.8 Å². The van der Waals surface area contributed by atoms with Gasteiger partial charge in [0.25, 0.3) is 0 Å². The molecule has 6 nitrogen and oxygen atoms in total. The summed E-state index contributed by atoms with van der Waals surface area (Å²) < 4.78 is 1.82. The normalized spacial score (nSPS) is 12.5. The Morgan fingerprint density at radius 2 is 2.16 bits per heavy atom. The fourth-order valence-electron chi connectivity index (χ4n) is 2.40. The van der Waals surface area contributed by atoms with E-state index in [9.17, 15) is 0 Å². The van der Waals surface area contributed by atoms with Crippen molar-refractivity contribution in [2.24, 2.45) is 12.0 Å². The highest BCUT2D eigenvalue weighted by atomic mass is 32.1. The average molecular weight is 363 g/mol. The largest absolute Gasteiger partial charge is 0.357 e. The minimum absolute atomic E-state index is 0.108. The maximum Gasteiger partial charge on any atom is 0.193 e. The molecule has 0 spiro atoms. The molecule has 0 bridgehead atoms. The predicted molar refractivity (Wildman–Crippen MR) is 105 cm³/mol. The maximum absolute atomic E-state index is 4.75. The quantitative estimate of drug-likeness (QED) is 0.634. The molecule has 0 aliphatic rings. The summed E-state index contributed by atoms with van der Waals surface area (Å²) in [6.07, 6.45) is 4.80. The maximum atomic E-state index is 4.75. The van der Waals surface area contributed by atoms with Crippen molar-refractivity contribution in [3.05, 3.63) is 34.0 Å². The van der Waals surface area contributed by atoms with E-state index in [0.29, 0.717) is 0 Å². The number of hydrogen-bond donors (Lipinski definition) is 1. The Hall–Kier alpha value is -1.89. The van der Waals surface area contributed by atoms with Crippen molar-refractivity contribution in [1.82, 2.24) is 25.0 Å². The molecule has 0 fully saturated rings. The second-order valence-electron chi connectivity index (χ2n) is 7.24. The lowest BCUT2D eigenvalue weighted by molar-refractivity contribution is 0.476. The predicted octanol–water partition coefficient (Wildman–Crippen LogP) is 2.81. The third-order valence-corrected chi connectivity index (χ3v) is 4.69. The van der Waals surface area contributed by atoms with Gasteiger partial charge in [0.2, 0.25) is 0 Å². The van der Waals surface area contributed by atoms with Gasteiger partial charge in [0, 0.05) is 62.7 Å². The van der Waals surface area contributed by atoms with Crippen LogP contribution in [0.25, 0.3) is 0 Å². The van der Waals surface area contributed by atoms with Gasteiger partial charge in [-0.25, -0.2) is 4.98 Å². The third-order valence-electron chi connectivity index (χ3n) is 3.78. The number of aromatic nitrogens is 3. The molecule has 0 aromatic carbocycles. The first-order valence-corrected chi connectivity index (χ1v) is 9.59. The Labute approximate surface area is 155 Å². The van der Waals surface area contributed by atoms with E-state index in [1.165, 1.54) is 5.56 Å². The molecular formula is C18H30N6S. The van der Waals surface area contributed by atoms with Crippen LogP contribution in [0.2, 0.25) is 0 Å². The molecule has 0 unspecified atom stereocenters. The smallest absolute Gasteiger partial charge is 0.193 e. The van der Waals surface area contributed by atoms with E-state index in [1.54, 1.807) is 11.3 Å². The fourth-order valence-corrected chi connectivity index (χ4v) is 3.41. The Kier molecular flexibility index (Phi) is 6.58. The summed E-state index contributed by atoms with van der Waals surface area (Å²) in [5.41, 5.74) is 2.44. The van der Waals surface area contributed by atoms with E-state index in [-0.39, 0.29) is 5.41 Å². The van der Waals surface area contributed by atoms with Crippen LogP contribution >= 0.6 is 11.3 Å². The average Bonchev–Trinajstić information content (AvgIpc) is 3.15. The monoisotopic (exact) mass is 362 g/mol. The van der Waals surface area contributed by atoms with Gasteiger partial charge in [-0.1, -0.05) is 20.8 Å². The van der Waals surface area contributed by atoms with Gasteiger partial charge in [-0.15, -0.1) is 11.3 Å². The molecule has 0 saturated heterocycles. The van der Waals surface area contributed by atoms with Crippen LogP contribution in [0.3, 0.4) is 0 Å². The molecule has 138 valence electrons. The second-order valence-corrected chi connectivity index (χ2v) is 8.18. The van der Waals surface area contributed by atoms with Crippen LogP contribution in [0.5, 0.6) is 0 Å². The number of aryl methyl sites for hydroxylation is 1. The highest BCUT2D eigenvalue weighted by molar-refractivity contribution is 7.09. The molecule has 7 heteroatoms. The number of nitrogens with zero attached hydrogens (tertiary/aromatic N) is 5. The van der Waals surface area contributed by atoms with E-state index < -0.39 is 0 Å². The molecule has 2 rings (SSSR count). The number of hydrogen-bond acceptors (Lipinski definition) is 4. The minimum Gasteiger partial charge on any atom is -0.357 e. The van der Waals surface area contributed by atoms with Gasteiger partial charge in [0.05, 0.1) is 16.9 Å². The van der Waals surface area contributed by atoms with Gasteiger partial charge in [-0.05, 0) is 6.92 Å². The number of rotatable bonds is 6. The van der Waals surface area contributed by atoms with Crippen molar-refractivity contribution in [1.29, 1.82) is 0 Å². The first-order valence-electron chi connectivity index (χ1n) is 8.71. The van der Waals surface area contributed by atoms with E-state index in [2.05, 4.69) is 55.4 Å². The Balaban J connectivity index is 1.95. The van der Waals surface area contributed by atoms with Crippen LogP contribution in [0.1, 0.15) is 44.0 Å². The molecule has 2 aromatic heterocycles. The second kappa shape index (κ2) is 8.47. The van der Waals surface area contributed by atoms with Gasteiger partial charge in [-0.2, -0.15) is 5.10 Å². The Morgan fingerprint density at radius 3 is 2.72 bits per heavy atom. The summed E-state index contributed by atoms with van der Waals surface area (Å²) in [4.78, 5) is 11.6. The van der Waals surface area contributed by atoms with Crippen LogP contribution in [0.4, 0.5) is 0 Å². The molecule has 0 amide bonds. The molecule has 2 heterocycles. The lowest BCUT2D eigenvalue weighted by atomic mass is 9.93. The molecule has 0 radical (unpaired) electrons. The minimum atomic E-state index is 0.108. The van der Waals surface area contributed by atoms with Crippen molar-refractivity contribution < 1.29 is 0 Å². The highest BCUT2D eigenvalue weighted by Gasteiger charge is 2.17. The van der Waals surface area contributed by atoms with Crippen LogP contribution in [0, 0.1) is 0 Å². The summed E-state index contributed by atoms with van der Waals surface area (Å²) in [5.74, 6) is 0.916. The van der Waals surface area contributed by atoms with Crippen LogP contribution < -0.4 is 5.32 Å². The summed E-state index contributed by atoms with van der Waals surface area (Å²) in [6.45, 7) is 11.0. The number of thiazole rings is 1. The van der Waals surface area contributed by atoms with Gasteiger partial charge in [0.15, 0.2) is 5.96 Å². The number of guanidine groups is 1. The zero-order valence-corrected chi connectivity index (χ0v) is 17.0. The molecule has 2 aromatic rings. The van der Waals surface area contributed by atoms with Crippen molar-refractivity contribution in [3.8, 4) is 0 Å².